The SMILES string of the molecule is Cn1cnc2cc(-c3c(F)c(F)c(-c4ccccc4)c(F)c3F)cc(C(=O)O)c21. The van der Waals surface area contributed by atoms with Gasteiger partial charge in [0.15, 0.2) is 23.3 Å². The largest absolute Gasteiger partial charge is 0.478 e. The summed E-state index contributed by atoms with van der Waals surface area (Å²) in [4.78, 5) is 15.6. The van der Waals surface area contributed by atoms with E-state index in [2.05, 4.69) is 4.98 Å². The number of aromatic nitrogens is 2. The first-order valence-electron chi connectivity index (χ1n) is 8.41. The standard InChI is InChI=1S/C21H12F4N2O2/c1-27-9-26-13-8-11(7-12(20(13)27)21(28)29)15-18(24)16(22)14(17(23)19(15)25)10-5-3-2-4-6-10/h2-9H,1H3,(H,28,29). The fraction of sp³-hybridized carbons (Fsp3) is 0.0476. The summed E-state index contributed by atoms with van der Waals surface area (Å²) in [5.74, 6) is -7.74. The van der Waals surface area contributed by atoms with Gasteiger partial charge in [-0.05, 0) is 23.3 Å². The van der Waals surface area contributed by atoms with Crippen LogP contribution in [0.3, 0.4) is 0 Å². The summed E-state index contributed by atoms with van der Waals surface area (Å²) in [5.41, 5.74) is -2.15. The zero-order chi connectivity index (χ0) is 20.9. The number of rotatable bonds is 3. The molecule has 4 nitrogen and oxygen atoms in total. The quantitative estimate of drug-likeness (QED) is 0.382. The highest BCUT2D eigenvalue weighted by Gasteiger charge is 2.28. The molecule has 0 amide bonds. The van der Waals surface area contributed by atoms with E-state index >= 15 is 0 Å². The number of benzene rings is 3. The molecule has 0 aliphatic heterocycles. The van der Waals surface area contributed by atoms with Gasteiger partial charge in [0.05, 0.1) is 34.1 Å². The Kier molecular flexibility index (Phi) is 4.34. The van der Waals surface area contributed by atoms with Crippen LogP contribution in [0.1, 0.15) is 10.4 Å². The van der Waals surface area contributed by atoms with E-state index in [9.17, 15) is 27.5 Å². The van der Waals surface area contributed by atoms with Gasteiger partial charge in [-0.1, -0.05) is 30.3 Å². The maximum atomic E-state index is 14.9. The van der Waals surface area contributed by atoms with Crippen LogP contribution in [0.2, 0.25) is 0 Å². The number of fused-ring (bicyclic) bond motifs is 1. The van der Waals surface area contributed by atoms with Crippen LogP contribution in [0.25, 0.3) is 33.3 Å². The number of aryl methyl sites for hydroxylation is 1. The molecule has 0 spiro atoms. The van der Waals surface area contributed by atoms with E-state index in [-0.39, 0.29) is 27.7 Å². The van der Waals surface area contributed by atoms with E-state index in [0.29, 0.717) is 0 Å². The van der Waals surface area contributed by atoms with Gasteiger partial charge in [-0.25, -0.2) is 27.3 Å². The van der Waals surface area contributed by atoms with Gasteiger partial charge in [0.25, 0.3) is 0 Å². The van der Waals surface area contributed by atoms with Crippen molar-refractivity contribution in [1.82, 2.24) is 9.55 Å². The molecule has 0 unspecified atom stereocenters. The molecule has 0 fully saturated rings. The molecule has 146 valence electrons. The molecule has 4 aromatic rings. The van der Waals surface area contributed by atoms with E-state index in [1.165, 1.54) is 41.2 Å². The number of carbonyl (C=O) groups is 1. The van der Waals surface area contributed by atoms with E-state index < -0.39 is 40.4 Å². The second kappa shape index (κ2) is 6.73. The molecule has 8 heteroatoms. The Labute approximate surface area is 161 Å². The van der Waals surface area contributed by atoms with E-state index in [1.807, 2.05) is 0 Å². The molecule has 0 atom stereocenters. The molecule has 1 aromatic heterocycles. The van der Waals surface area contributed by atoms with Crippen LogP contribution in [0, 0.1) is 23.3 Å². The van der Waals surface area contributed by atoms with Crippen molar-refractivity contribution in [3.05, 3.63) is 77.6 Å². The molecule has 0 aliphatic rings. The second-order valence-electron chi connectivity index (χ2n) is 6.42. The van der Waals surface area contributed by atoms with Crippen molar-refractivity contribution in [2.45, 2.75) is 0 Å². The maximum Gasteiger partial charge on any atom is 0.337 e. The lowest BCUT2D eigenvalue weighted by molar-refractivity contribution is 0.0698. The van der Waals surface area contributed by atoms with Gasteiger partial charge in [-0.15, -0.1) is 0 Å². The minimum atomic E-state index is -1.62. The monoisotopic (exact) mass is 400 g/mol. The van der Waals surface area contributed by atoms with Crippen molar-refractivity contribution < 1.29 is 27.5 Å². The lowest BCUT2D eigenvalue weighted by Gasteiger charge is -2.13. The maximum absolute atomic E-state index is 14.9. The molecule has 0 saturated carbocycles. The average Bonchev–Trinajstić information content (AvgIpc) is 3.08. The Balaban J connectivity index is 2.03. The summed E-state index contributed by atoms with van der Waals surface area (Å²) in [7, 11) is 1.55. The van der Waals surface area contributed by atoms with Crippen molar-refractivity contribution in [2.24, 2.45) is 7.05 Å². The summed E-state index contributed by atoms with van der Waals surface area (Å²) in [6.45, 7) is 0. The summed E-state index contributed by atoms with van der Waals surface area (Å²) >= 11 is 0. The van der Waals surface area contributed by atoms with Crippen LogP contribution in [0.5, 0.6) is 0 Å². The molecule has 1 N–H and O–H groups in total. The van der Waals surface area contributed by atoms with Gasteiger partial charge < -0.3 is 9.67 Å². The third-order valence-electron chi connectivity index (χ3n) is 4.66. The first kappa shape index (κ1) is 18.7. The average molecular weight is 400 g/mol. The van der Waals surface area contributed by atoms with Crippen molar-refractivity contribution in [3.63, 3.8) is 0 Å². The minimum absolute atomic E-state index is 0.0294. The smallest absolute Gasteiger partial charge is 0.337 e. The van der Waals surface area contributed by atoms with Gasteiger partial charge in [-0.3, -0.25) is 0 Å². The molecule has 0 aliphatic carbocycles. The fourth-order valence-electron chi connectivity index (χ4n) is 3.35. The predicted molar refractivity (Wildman–Crippen MR) is 98.4 cm³/mol. The number of hydrogen-bond acceptors (Lipinski definition) is 2. The summed E-state index contributed by atoms with van der Waals surface area (Å²) in [6, 6.07) is 9.35. The molecular weight excluding hydrogens is 388 g/mol. The summed E-state index contributed by atoms with van der Waals surface area (Å²) in [6.07, 6.45) is 1.33. The van der Waals surface area contributed by atoms with Gasteiger partial charge >= 0.3 is 5.97 Å². The third kappa shape index (κ3) is 2.84. The predicted octanol–water partition coefficient (Wildman–Crippen LogP) is 5.16. The molecule has 0 bridgehead atoms. The van der Waals surface area contributed by atoms with Crippen LogP contribution in [0.4, 0.5) is 17.6 Å². The number of carboxylic acids is 1. The number of halogens is 4. The molecule has 0 saturated heterocycles. The third-order valence-corrected chi connectivity index (χ3v) is 4.66. The number of nitrogens with zero attached hydrogens (tertiary/aromatic N) is 2. The first-order valence-corrected chi connectivity index (χ1v) is 8.41. The van der Waals surface area contributed by atoms with Crippen LogP contribution in [0.15, 0.2) is 48.8 Å². The number of hydrogen-bond donors (Lipinski definition) is 1. The Morgan fingerprint density at radius 2 is 1.45 bits per heavy atom. The number of carboxylic acid groups (broad SMARTS) is 1. The van der Waals surface area contributed by atoms with Crippen molar-refractivity contribution in [1.29, 1.82) is 0 Å². The topological polar surface area (TPSA) is 55.1 Å². The van der Waals surface area contributed by atoms with E-state index in [4.69, 9.17) is 0 Å². The van der Waals surface area contributed by atoms with Gasteiger partial charge in [0, 0.05) is 7.05 Å². The Bertz CT molecular complexity index is 1250. The fourth-order valence-corrected chi connectivity index (χ4v) is 3.35. The molecular formula is C21H12F4N2O2. The zero-order valence-electron chi connectivity index (χ0n) is 14.9. The molecule has 1 heterocycles. The summed E-state index contributed by atoms with van der Waals surface area (Å²) < 4.78 is 60.6. The normalized spacial score (nSPS) is 11.2. The zero-order valence-corrected chi connectivity index (χ0v) is 14.9. The van der Waals surface area contributed by atoms with Gasteiger partial charge in [0.1, 0.15) is 0 Å². The van der Waals surface area contributed by atoms with E-state index in [0.717, 1.165) is 6.07 Å². The van der Waals surface area contributed by atoms with Crippen LogP contribution in [-0.4, -0.2) is 20.6 Å². The second-order valence-corrected chi connectivity index (χ2v) is 6.42. The van der Waals surface area contributed by atoms with Crippen LogP contribution in [-0.2, 0) is 7.05 Å². The highest BCUT2D eigenvalue weighted by molar-refractivity contribution is 6.03. The van der Waals surface area contributed by atoms with Gasteiger partial charge in [0.2, 0.25) is 0 Å². The lowest BCUT2D eigenvalue weighted by atomic mass is 9.95. The highest BCUT2D eigenvalue weighted by Crippen LogP contribution is 2.38. The Morgan fingerprint density at radius 3 is 2.00 bits per heavy atom. The molecule has 29 heavy (non-hydrogen) atoms. The highest BCUT2D eigenvalue weighted by atomic mass is 19.2. The van der Waals surface area contributed by atoms with Crippen molar-refractivity contribution in [2.75, 3.05) is 0 Å². The molecule has 0 radical (unpaired) electrons. The summed E-state index contributed by atoms with van der Waals surface area (Å²) in [5, 5.41) is 9.46. The lowest BCUT2D eigenvalue weighted by Crippen LogP contribution is -2.05. The van der Waals surface area contributed by atoms with Crippen molar-refractivity contribution in [3.8, 4) is 22.3 Å². The first-order chi connectivity index (χ1) is 13.8. The minimum Gasteiger partial charge on any atom is -0.478 e. The van der Waals surface area contributed by atoms with Crippen LogP contribution < -0.4 is 0 Å². The van der Waals surface area contributed by atoms with Crippen LogP contribution >= 0.6 is 0 Å². The van der Waals surface area contributed by atoms with E-state index in [1.54, 1.807) is 13.1 Å². The van der Waals surface area contributed by atoms with Gasteiger partial charge in [-0.2, -0.15) is 0 Å². The Hall–Kier alpha value is -3.68. The van der Waals surface area contributed by atoms with Crippen molar-refractivity contribution >= 4 is 17.0 Å². The Morgan fingerprint density at radius 1 is 0.897 bits per heavy atom. The molecule has 4 rings (SSSR count). The number of aromatic carboxylic acids is 1. The number of imidazole rings is 1. The molecule has 3 aromatic carbocycles.